The van der Waals surface area contributed by atoms with E-state index < -0.39 is 0 Å². The van der Waals surface area contributed by atoms with Gasteiger partial charge in [-0.05, 0) is 52.7 Å². The first-order valence-electron chi connectivity index (χ1n) is 4.89. The lowest BCUT2D eigenvalue weighted by Gasteiger charge is -2.06. The summed E-state index contributed by atoms with van der Waals surface area (Å²) in [6.07, 6.45) is 0.639. The smallest absolute Gasteiger partial charge is 0.252 e. The molecule has 1 aromatic carbocycles. The normalized spacial score (nSPS) is 9.53. The van der Waals surface area contributed by atoms with Gasteiger partial charge < -0.3 is 5.32 Å². The third kappa shape index (κ3) is 4.93. The van der Waals surface area contributed by atoms with Crippen LogP contribution in [0, 0.1) is 3.57 Å². The van der Waals surface area contributed by atoms with Crippen LogP contribution in [0.25, 0.3) is 10.4 Å². The molecular weight excluding hydrogens is 399 g/mol. The topological polar surface area (TPSA) is 77.9 Å². The lowest BCUT2D eigenvalue weighted by molar-refractivity contribution is 0.0952. The molecule has 0 aliphatic heterocycles. The van der Waals surface area contributed by atoms with Gasteiger partial charge in [-0.1, -0.05) is 21.0 Å². The van der Waals surface area contributed by atoms with Crippen LogP contribution in [0.1, 0.15) is 16.8 Å². The molecule has 0 saturated carbocycles. The summed E-state index contributed by atoms with van der Waals surface area (Å²) >= 11 is 5.45. The minimum atomic E-state index is -0.114. The Hall–Kier alpha value is -0.790. The van der Waals surface area contributed by atoms with Crippen molar-refractivity contribution < 1.29 is 4.79 Å². The van der Waals surface area contributed by atoms with Gasteiger partial charge in [0.05, 0.1) is 5.56 Å². The van der Waals surface area contributed by atoms with Crippen molar-refractivity contribution in [1.29, 1.82) is 0 Å². The van der Waals surface area contributed by atoms with Gasteiger partial charge >= 0.3 is 0 Å². The van der Waals surface area contributed by atoms with Gasteiger partial charge in [0.15, 0.2) is 0 Å². The van der Waals surface area contributed by atoms with E-state index in [9.17, 15) is 4.79 Å². The maximum absolute atomic E-state index is 11.8. The predicted octanol–water partition coefficient (Wildman–Crippen LogP) is 3.48. The second kappa shape index (κ2) is 7.52. The summed E-state index contributed by atoms with van der Waals surface area (Å²) in [7, 11) is 0. The highest BCUT2D eigenvalue weighted by Crippen LogP contribution is 2.18. The van der Waals surface area contributed by atoms with Crippen molar-refractivity contribution in [2.45, 2.75) is 6.42 Å². The first-order chi connectivity index (χ1) is 8.15. The lowest BCUT2D eigenvalue weighted by atomic mass is 10.2. The summed E-state index contributed by atoms with van der Waals surface area (Å²) in [5.41, 5.74) is 8.73. The van der Waals surface area contributed by atoms with Gasteiger partial charge in [0.1, 0.15) is 0 Å². The van der Waals surface area contributed by atoms with Gasteiger partial charge in [0.2, 0.25) is 0 Å². The molecule has 0 heterocycles. The van der Waals surface area contributed by atoms with Crippen molar-refractivity contribution in [3.05, 3.63) is 42.2 Å². The highest BCUT2D eigenvalue weighted by molar-refractivity contribution is 14.1. The molecule has 0 aromatic heterocycles. The zero-order valence-electron chi connectivity index (χ0n) is 8.86. The van der Waals surface area contributed by atoms with Crippen molar-refractivity contribution in [2.75, 3.05) is 13.1 Å². The predicted molar refractivity (Wildman–Crippen MR) is 77.8 cm³/mol. The number of halogens is 2. The van der Waals surface area contributed by atoms with E-state index in [0.717, 1.165) is 8.04 Å². The van der Waals surface area contributed by atoms with E-state index in [-0.39, 0.29) is 5.91 Å². The van der Waals surface area contributed by atoms with Crippen LogP contribution in [0.4, 0.5) is 0 Å². The molecule has 0 aliphatic carbocycles. The molecule has 90 valence electrons. The Morgan fingerprint density at radius 1 is 1.59 bits per heavy atom. The fourth-order valence-corrected chi connectivity index (χ4v) is 2.10. The number of hydrogen-bond donors (Lipinski definition) is 1. The third-order valence-corrected chi connectivity index (χ3v) is 3.39. The molecule has 0 atom stereocenters. The number of rotatable bonds is 5. The molecule has 7 heteroatoms. The van der Waals surface area contributed by atoms with Crippen molar-refractivity contribution in [1.82, 2.24) is 5.32 Å². The summed E-state index contributed by atoms with van der Waals surface area (Å²) < 4.78 is 1.77. The minimum absolute atomic E-state index is 0.114. The molecule has 0 spiro atoms. The summed E-state index contributed by atoms with van der Waals surface area (Å²) in [6.45, 7) is 0.896. The summed E-state index contributed by atoms with van der Waals surface area (Å²) in [5.74, 6) is -0.114. The van der Waals surface area contributed by atoms with Gasteiger partial charge in [-0.25, -0.2) is 0 Å². The quantitative estimate of drug-likeness (QED) is 0.261. The van der Waals surface area contributed by atoms with Gasteiger partial charge in [-0.15, -0.1) is 0 Å². The van der Waals surface area contributed by atoms with Gasteiger partial charge in [-0.3, -0.25) is 4.79 Å². The fraction of sp³-hybridized carbons (Fsp3) is 0.300. The molecule has 1 amide bonds. The molecule has 5 nitrogen and oxygen atoms in total. The summed E-state index contributed by atoms with van der Waals surface area (Å²) in [6, 6.07) is 5.55. The van der Waals surface area contributed by atoms with Crippen molar-refractivity contribution in [3.8, 4) is 0 Å². The standard InChI is InChI=1S/C10H10BrIN4O/c11-7-2-3-9(12)8(6-7)10(17)14-4-1-5-15-16-13/h2-3,6H,1,4-5H2,(H,14,17). The highest BCUT2D eigenvalue weighted by Gasteiger charge is 2.09. The second-order valence-electron chi connectivity index (χ2n) is 3.19. The fourth-order valence-electron chi connectivity index (χ4n) is 1.16. The molecule has 1 aromatic rings. The summed E-state index contributed by atoms with van der Waals surface area (Å²) in [5, 5.41) is 6.17. The van der Waals surface area contributed by atoms with E-state index in [0.29, 0.717) is 25.1 Å². The first kappa shape index (κ1) is 14.3. The van der Waals surface area contributed by atoms with Crippen LogP contribution < -0.4 is 5.32 Å². The molecule has 17 heavy (non-hydrogen) atoms. The number of carbonyl (C=O) groups is 1. The van der Waals surface area contributed by atoms with E-state index in [2.05, 4.69) is 53.9 Å². The third-order valence-electron chi connectivity index (χ3n) is 1.96. The van der Waals surface area contributed by atoms with E-state index in [4.69, 9.17) is 5.53 Å². The van der Waals surface area contributed by atoms with Gasteiger partial charge in [-0.2, -0.15) is 0 Å². The molecule has 0 unspecified atom stereocenters. The van der Waals surface area contributed by atoms with Crippen LogP contribution in [0.2, 0.25) is 0 Å². The maximum atomic E-state index is 11.8. The highest BCUT2D eigenvalue weighted by atomic mass is 127. The van der Waals surface area contributed by atoms with Gasteiger partial charge in [0.25, 0.3) is 5.91 Å². The Morgan fingerprint density at radius 3 is 3.06 bits per heavy atom. The van der Waals surface area contributed by atoms with E-state index in [1.807, 2.05) is 12.1 Å². The van der Waals surface area contributed by atoms with Crippen LogP contribution in [0.15, 0.2) is 27.8 Å². The average Bonchev–Trinajstić information content (AvgIpc) is 2.32. The van der Waals surface area contributed by atoms with Crippen LogP contribution in [0.3, 0.4) is 0 Å². The van der Waals surface area contributed by atoms with Crippen LogP contribution in [0.5, 0.6) is 0 Å². The Bertz CT molecular complexity index is 460. The monoisotopic (exact) mass is 408 g/mol. The van der Waals surface area contributed by atoms with Crippen molar-refractivity contribution in [3.63, 3.8) is 0 Å². The molecule has 1 rings (SSSR count). The molecule has 0 bridgehead atoms. The average molecular weight is 409 g/mol. The van der Waals surface area contributed by atoms with E-state index >= 15 is 0 Å². The molecule has 1 N–H and O–H groups in total. The van der Waals surface area contributed by atoms with Crippen LogP contribution >= 0.6 is 38.5 Å². The molecule has 0 fully saturated rings. The first-order valence-corrected chi connectivity index (χ1v) is 6.76. The van der Waals surface area contributed by atoms with Gasteiger partial charge in [0, 0.05) is 26.0 Å². The Labute approximate surface area is 121 Å². The lowest BCUT2D eigenvalue weighted by Crippen LogP contribution is -2.25. The number of azide groups is 1. The van der Waals surface area contributed by atoms with Crippen LogP contribution in [-0.2, 0) is 0 Å². The zero-order valence-corrected chi connectivity index (χ0v) is 12.6. The minimum Gasteiger partial charge on any atom is -0.352 e. The Morgan fingerprint density at radius 2 is 2.35 bits per heavy atom. The number of amides is 1. The largest absolute Gasteiger partial charge is 0.352 e. The van der Waals surface area contributed by atoms with E-state index in [1.54, 1.807) is 6.07 Å². The summed E-state index contributed by atoms with van der Waals surface area (Å²) in [4.78, 5) is 14.5. The maximum Gasteiger partial charge on any atom is 0.252 e. The second-order valence-corrected chi connectivity index (χ2v) is 5.27. The van der Waals surface area contributed by atoms with Crippen molar-refractivity contribution >= 4 is 44.4 Å². The van der Waals surface area contributed by atoms with Crippen molar-refractivity contribution in [2.24, 2.45) is 5.11 Å². The Balaban J connectivity index is 2.52. The molecule has 0 aliphatic rings. The molecular formula is C10H10BrIN4O. The zero-order chi connectivity index (χ0) is 12.7. The number of carbonyl (C=O) groups excluding carboxylic acids is 1. The molecule has 0 saturated heterocycles. The van der Waals surface area contributed by atoms with Crippen LogP contribution in [-0.4, -0.2) is 19.0 Å². The number of hydrogen-bond acceptors (Lipinski definition) is 2. The Kier molecular flexibility index (Phi) is 6.31. The number of nitrogens with zero attached hydrogens (tertiary/aromatic N) is 3. The number of nitrogens with one attached hydrogen (secondary N) is 1. The molecule has 0 radical (unpaired) electrons. The number of benzene rings is 1. The SMILES string of the molecule is [N-]=[N+]=NCCCNC(=O)c1cc(Br)ccc1I. The van der Waals surface area contributed by atoms with E-state index in [1.165, 1.54) is 0 Å².